The summed E-state index contributed by atoms with van der Waals surface area (Å²) >= 11 is 0. The molecule has 4 nitrogen and oxygen atoms in total. The van der Waals surface area contributed by atoms with Crippen LogP contribution in [0.15, 0.2) is 24.3 Å². The summed E-state index contributed by atoms with van der Waals surface area (Å²) in [6.45, 7) is 1.99. The highest BCUT2D eigenvalue weighted by molar-refractivity contribution is 5.94. The Bertz CT molecular complexity index is 506. The number of benzene rings is 1. The van der Waals surface area contributed by atoms with E-state index in [4.69, 9.17) is 10.8 Å². The highest BCUT2D eigenvalue weighted by Gasteiger charge is 2.22. The maximum Gasteiger partial charge on any atom is 0.253 e. The predicted octanol–water partition coefficient (Wildman–Crippen LogP) is 0.841. The number of hydrogen-bond donors (Lipinski definition) is 2. The first-order valence-corrected chi connectivity index (χ1v) is 6.93. The van der Waals surface area contributed by atoms with E-state index in [0.717, 1.165) is 31.5 Å². The number of carbonyl (C=O) groups excluding carboxylic acids is 1. The first-order valence-electron chi connectivity index (χ1n) is 6.93. The minimum absolute atomic E-state index is 0.0553. The highest BCUT2D eigenvalue weighted by Crippen LogP contribution is 2.18. The fraction of sp³-hybridized carbons (Fsp3) is 0.438. The van der Waals surface area contributed by atoms with Crippen LogP contribution >= 0.6 is 0 Å². The molecule has 3 N–H and O–H groups in total. The van der Waals surface area contributed by atoms with Crippen LogP contribution in [-0.2, 0) is 0 Å². The van der Waals surface area contributed by atoms with Crippen LogP contribution in [0.4, 0.5) is 0 Å². The highest BCUT2D eigenvalue weighted by atomic mass is 16.3. The Kier molecular flexibility index (Phi) is 5.16. The Morgan fingerprint density at radius 1 is 1.30 bits per heavy atom. The van der Waals surface area contributed by atoms with E-state index in [0.29, 0.717) is 18.0 Å². The zero-order valence-electron chi connectivity index (χ0n) is 11.5. The van der Waals surface area contributed by atoms with Crippen LogP contribution in [-0.4, -0.2) is 42.2 Å². The zero-order chi connectivity index (χ0) is 14.4. The van der Waals surface area contributed by atoms with E-state index in [-0.39, 0.29) is 12.5 Å². The first kappa shape index (κ1) is 14.6. The summed E-state index contributed by atoms with van der Waals surface area (Å²) in [5.41, 5.74) is 6.87. The van der Waals surface area contributed by atoms with Crippen LogP contribution in [0.1, 0.15) is 28.8 Å². The molecule has 1 fully saturated rings. The third-order valence-corrected chi connectivity index (χ3v) is 3.63. The minimum atomic E-state index is 0.0553. The predicted molar refractivity (Wildman–Crippen MR) is 78.1 cm³/mol. The Hall–Kier alpha value is -1.83. The molecular weight excluding hydrogens is 252 g/mol. The average molecular weight is 272 g/mol. The molecule has 0 aliphatic carbocycles. The Labute approximate surface area is 119 Å². The molecule has 0 atom stereocenters. The molecule has 4 heteroatoms. The quantitative estimate of drug-likeness (QED) is 0.784. The summed E-state index contributed by atoms with van der Waals surface area (Å²) in [5, 5.41) is 9.11. The van der Waals surface area contributed by atoms with Crippen LogP contribution in [0.3, 0.4) is 0 Å². The Balaban J connectivity index is 1.99. The normalized spacial score (nSPS) is 15.6. The molecule has 0 radical (unpaired) electrons. The molecule has 1 heterocycles. The van der Waals surface area contributed by atoms with Gasteiger partial charge in [0.05, 0.1) is 6.54 Å². The maximum absolute atomic E-state index is 12.3. The van der Waals surface area contributed by atoms with Gasteiger partial charge in [-0.3, -0.25) is 4.79 Å². The largest absolute Gasteiger partial charge is 0.396 e. The monoisotopic (exact) mass is 272 g/mol. The molecule has 1 aromatic rings. The number of amides is 1. The van der Waals surface area contributed by atoms with Gasteiger partial charge in [-0.05, 0) is 43.0 Å². The number of aliphatic hydroxyl groups is 1. The van der Waals surface area contributed by atoms with E-state index in [1.54, 1.807) is 12.1 Å². The second kappa shape index (κ2) is 7.09. The summed E-state index contributed by atoms with van der Waals surface area (Å²) < 4.78 is 0. The first-order chi connectivity index (χ1) is 9.74. The van der Waals surface area contributed by atoms with E-state index >= 15 is 0 Å². The smallest absolute Gasteiger partial charge is 0.253 e. The lowest BCUT2D eigenvalue weighted by Gasteiger charge is -2.31. The van der Waals surface area contributed by atoms with Crippen molar-refractivity contribution in [1.29, 1.82) is 0 Å². The van der Waals surface area contributed by atoms with Gasteiger partial charge in [0.25, 0.3) is 5.91 Å². The van der Waals surface area contributed by atoms with Gasteiger partial charge in [-0.25, -0.2) is 0 Å². The average Bonchev–Trinajstić information content (AvgIpc) is 2.53. The lowest BCUT2D eigenvalue weighted by Crippen LogP contribution is -2.39. The summed E-state index contributed by atoms with van der Waals surface area (Å²) in [6, 6.07) is 7.30. The number of carbonyl (C=O) groups is 1. The Morgan fingerprint density at radius 3 is 2.50 bits per heavy atom. The molecule has 1 aromatic carbocycles. The number of piperidine rings is 1. The molecule has 0 spiro atoms. The van der Waals surface area contributed by atoms with Crippen molar-refractivity contribution in [3.8, 4) is 11.8 Å². The molecule has 0 saturated carbocycles. The van der Waals surface area contributed by atoms with Gasteiger partial charge >= 0.3 is 0 Å². The van der Waals surface area contributed by atoms with Crippen molar-refractivity contribution in [3.63, 3.8) is 0 Å². The van der Waals surface area contributed by atoms with E-state index < -0.39 is 0 Å². The van der Waals surface area contributed by atoms with Gasteiger partial charge in [-0.15, -0.1) is 0 Å². The van der Waals surface area contributed by atoms with E-state index in [9.17, 15) is 4.79 Å². The van der Waals surface area contributed by atoms with Gasteiger partial charge in [0.1, 0.15) is 0 Å². The SMILES string of the molecule is NCC#Cc1ccc(C(=O)N2CCC(CO)CC2)cc1. The van der Waals surface area contributed by atoms with E-state index in [1.165, 1.54) is 0 Å². The summed E-state index contributed by atoms with van der Waals surface area (Å²) in [4.78, 5) is 14.2. The van der Waals surface area contributed by atoms with Crippen molar-refractivity contribution >= 4 is 5.91 Å². The van der Waals surface area contributed by atoms with Gasteiger partial charge < -0.3 is 15.7 Å². The van der Waals surface area contributed by atoms with Crippen molar-refractivity contribution in [3.05, 3.63) is 35.4 Å². The van der Waals surface area contributed by atoms with Crippen molar-refractivity contribution in [1.82, 2.24) is 4.90 Å². The van der Waals surface area contributed by atoms with E-state index in [2.05, 4.69) is 11.8 Å². The molecule has 20 heavy (non-hydrogen) atoms. The number of nitrogens with two attached hydrogens (primary N) is 1. The van der Waals surface area contributed by atoms with Crippen LogP contribution in [0.25, 0.3) is 0 Å². The van der Waals surface area contributed by atoms with Crippen molar-refractivity contribution in [2.45, 2.75) is 12.8 Å². The number of aliphatic hydroxyl groups excluding tert-OH is 1. The molecule has 0 bridgehead atoms. The van der Waals surface area contributed by atoms with Crippen molar-refractivity contribution < 1.29 is 9.90 Å². The van der Waals surface area contributed by atoms with Crippen LogP contribution in [0, 0.1) is 17.8 Å². The second-order valence-corrected chi connectivity index (χ2v) is 5.00. The summed E-state index contributed by atoms with van der Waals surface area (Å²) in [7, 11) is 0. The third kappa shape index (κ3) is 3.60. The lowest BCUT2D eigenvalue weighted by atomic mass is 9.97. The molecule has 0 aromatic heterocycles. The molecule has 1 saturated heterocycles. The zero-order valence-corrected chi connectivity index (χ0v) is 11.5. The number of likely N-dealkylation sites (tertiary alicyclic amines) is 1. The van der Waals surface area contributed by atoms with Crippen LogP contribution in [0.2, 0.25) is 0 Å². The topological polar surface area (TPSA) is 66.6 Å². The summed E-state index contributed by atoms with van der Waals surface area (Å²) in [5.74, 6) is 6.12. The maximum atomic E-state index is 12.3. The van der Waals surface area contributed by atoms with Gasteiger partial charge in [-0.1, -0.05) is 11.8 Å². The number of nitrogens with zero attached hydrogens (tertiary/aromatic N) is 1. The fourth-order valence-electron chi connectivity index (χ4n) is 2.35. The molecule has 106 valence electrons. The van der Waals surface area contributed by atoms with Gasteiger partial charge in [0.15, 0.2) is 0 Å². The molecule has 1 aliphatic heterocycles. The second-order valence-electron chi connectivity index (χ2n) is 5.00. The Morgan fingerprint density at radius 2 is 1.95 bits per heavy atom. The fourth-order valence-corrected chi connectivity index (χ4v) is 2.35. The van der Waals surface area contributed by atoms with Crippen LogP contribution in [0.5, 0.6) is 0 Å². The van der Waals surface area contributed by atoms with Crippen molar-refractivity contribution in [2.75, 3.05) is 26.2 Å². The van der Waals surface area contributed by atoms with Gasteiger partial charge in [0, 0.05) is 30.8 Å². The number of hydrogen-bond acceptors (Lipinski definition) is 3. The molecule has 1 amide bonds. The molecular formula is C16H20N2O2. The van der Waals surface area contributed by atoms with E-state index in [1.807, 2.05) is 17.0 Å². The number of rotatable bonds is 2. The van der Waals surface area contributed by atoms with Gasteiger partial charge in [0.2, 0.25) is 0 Å². The molecule has 1 aliphatic rings. The van der Waals surface area contributed by atoms with Gasteiger partial charge in [-0.2, -0.15) is 0 Å². The standard InChI is InChI=1S/C16H20N2O2/c17-9-1-2-13-3-5-15(6-4-13)16(20)18-10-7-14(12-19)8-11-18/h3-6,14,19H,7-12,17H2. The lowest BCUT2D eigenvalue weighted by molar-refractivity contribution is 0.0651. The summed E-state index contributed by atoms with van der Waals surface area (Å²) in [6.07, 6.45) is 1.75. The third-order valence-electron chi connectivity index (χ3n) is 3.63. The minimum Gasteiger partial charge on any atom is -0.396 e. The molecule has 2 rings (SSSR count). The van der Waals surface area contributed by atoms with Crippen molar-refractivity contribution in [2.24, 2.45) is 11.7 Å². The van der Waals surface area contributed by atoms with Crippen LogP contribution < -0.4 is 5.73 Å². The molecule has 0 unspecified atom stereocenters.